The first-order valence-electron chi connectivity index (χ1n) is 8.15. The summed E-state index contributed by atoms with van der Waals surface area (Å²) in [7, 11) is 1.70. The molecule has 8 heteroatoms. The van der Waals surface area contributed by atoms with Gasteiger partial charge in [0.2, 0.25) is 0 Å². The average molecular weight is 384 g/mol. The predicted octanol–water partition coefficient (Wildman–Crippen LogP) is 3.89. The molecule has 0 saturated heterocycles. The monoisotopic (exact) mass is 383 g/mol. The lowest BCUT2D eigenvalue weighted by Gasteiger charge is -2.09. The lowest BCUT2D eigenvalue weighted by atomic mass is 10.2. The van der Waals surface area contributed by atoms with Crippen LogP contribution in [0.5, 0.6) is 0 Å². The number of thiazole rings is 1. The quantitative estimate of drug-likeness (QED) is 0.451. The average Bonchev–Trinajstić information content (AvgIpc) is 3.28. The number of ether oxygens (including phenoxy) is 1. The topological polar surface area (TPSA) is 65.7 Å². The highest BCUT2D eigenvalue weighted by Crippen LogP contribution is 2.29. The van der Waals surface area contributed by atoms with E-state index >= 15 is 0 Å². The number of thioether (sulfide) groups is 1. The van der Waals surface area contributed by atoms with Gasteiger partial charge in [-0.15, -0.1) is 21.5 Å². The molecule has 0 saturated carbocycles. The second-order valence-corrected chi connectivity index (χ2v) is 7.61. The van der Waals surface area contributed by atoms with Crippen molar-refractivity contribution in [3.05, 3.63) is 53.8 Å². The van der Waals surface area contributed by atoms with E-state index < -0.39 is 0 Å². The van der Waals surface area contributed by atoms with Crippen LogP contribution in [0, 0.1) is 0 Å². The van der Waals surface area contributed by atoms with E-state index in [0.717, 1.165) is 32.8 Å². The lowest BCUT2D eigenvalue weighted by Crippen LogP contribution is -2.07. The van der Waals surface area contributed by atoms with E-state index in [9.17, 15) is 0 Å². The van der Waals surface area contributed by atoms with Crippen molar-refractivity contribution in [1.82, 2.24) is 24.7 Å². The molecule has 0 unspecified atom stereocenters. The fraction of sp³-hybridized carbons (Fsp3) is 0.222. The maximum absolute atomic E-state index is 5.26. The van der Waals surface area contributed by atoms with Gasteiger partial charge in [-0.05, 0) is 24.3 Å². The third-order valence-corrected chi connectivity index (χ3v) is 6.03. The molecule has 0 fully saturated rings. The number of methoxy groups -OCH3 is 1. The van der Waals surface area contributed by atoms with E-state index in [2.05, 4.69) is 25.8 Å². The van der Waals surface area contributed by atoms with E-state index in [4.69, 9.17) is 9.72 Å². The van der Waals surface area contributed by atoms with Crippen LogP contribution < -0.4 is 0 Å². The number of aromatic nitrogens is 5. The molecule has 0 bridgehead atoms. The summed E-state index contributed by atoms with van der Waals surface area (Å²) in [4.78, 5) is 8.76. The van der Waals surface area contributed by atoms with Gasteiger partial charge >= 0.3 is 0 Å². The van der Waals surface area contributed by atoms with Crippen molar-refractivity contribution in [1.29, 1.82) is 0 Å². The number of fused-ring (bicyclic) bond motifs is 1. The Balaban J connectivity index is 1.58. The normalized spacial score (nSPS) is 11.3. The SMILES string of the molecule is COCCn1c(SCc2nc3ccccc3s2)nnc1-c1ccncc1. The van der Waals surface area contributed by atoms with Gasteiger partial charge in [0.15, 0.2) is 11.0 Å². The van der Waals surface area contributed by atoms with Gasteiger partial charge < -0.3 is 4.74 Å². The zero-order valence-electron chi connectivity index (χ0n) is 14.2. The highest BCUT2D eigenvalue weighted by Gasteiger charge is 2.15. The Hall–Kier alpha value is -2.29. The lowest BCUT2D eigenvalue weighted by molar-refractivity contribution is 0.185. The van der Waals surface area contributed by atoms with Crippen molar-refractivity contribution < 1.29 is 4.74 Å². The molecule has 0 atom stereocenters. The first-order valence-corrected chi connectivity index (χ1v) is 9.95. The van der Waals surface area contributed by atoms with Crippen molar-refractivity contribution in [3.8, 4) is 11.4 Å². The minimum absolute atomic E-state index is 0.602. The fourth-order valence-corrected chi connectivity index (χ4v) is 4.53. The van der Waals surface area contributed by atoms with Crippen LogP contribution in [0.2, 0.25) is 0 Å². The molecule has 3 aromatic heterocycles. The molecule has 3 heterocycles. The highest BCUT2D eigenvalue weighted by molar-refractivity contribution is 7.98. The molecule has 0 N–H and O–H groups in total. The molecule has 26 heavy (non-hydrogen) atoms. The van der Waals surface area contributed by atoms with Crippen LogP contribution in [0.25, 0.3) is 21.6 Å². The smallest absolute Gasteiger partial charge is 0.191 e. The molecule has 0 spiro atoms. The summed E-state index contributed by atoms with van der Waals surface area (Å²) in [5.41, 5.74) is 2.04. The van der Waals surface area contributed by atoms with Crippen LogP contribution in [-0.4, -0.2) is 38.4 Å². The third-order valence-electron chi connectivity index (χ3n) is 3.84. The van der Waals surface area contributed by atoms with E-state index in [1.807, 2.05) is 30.3 Å². The molecule has 0 amide bonds. The maximum Gasteiger partial charge on any atom is 0.191 e. The predicted molar refractivity (Wildman–Crippen MR) is 104 cm³/mol. The number of nitrogens with zero attached hydrogens (tertiary/aromatic N) is 5. The second kappa shape index (κ2) is 7.94. The molecule has 0 aliphatic rings. The molecule has 6 nitrogen and oxygen atoms in total. The molecule has 1 aromatic carbocycles. The molecule has 4 aromatic rings. The van der Waals surface area contributed by atoms with Crippen LogP contribution in [0.3, 0.4) is 0 Å². The summed E-state index contributed by atoms with van der Waals surface area (Å²) < 4.78 is 8.56. The van der Waals surface area contributed by atoms with E-state index in [1.165, 1.54) is 4.70 Å². The summed E-state index contributed by atoms with van der Waals surface area (Å²) in [6.07, 6.45) is 3.53. The van der Waals surface area contributed by atoms with Crippen molar-refractivity contribution in [2.75, 3.05) is 13.7 Å². The molecule has 4 rings (SSSR count). The van der Waals surface area contributed by atoms with E-state index in [0.29, 0.717) is 13.2 Å². The summed E-state index contributed by atoms with van der Waals surface area (Å²) in [6, 6.07) is 12.1. The van der Waals surface area contributed by atoms with Crippen LogP contribution in [0.15, 0.2) is 53.9 Å². The van der Waals surface area contributed by atoms with Gasteiger partial charge in [0.05, 0.1) is 29.1 Å². The number of hydrogen-bond donors (Lipinski definition) is 0. The maximum atomic E-state index is 5.26. The van der Waals surface area contributed by atoms with Crippen LogP contribution >= 0.6 is 23.1 Å². The number of hydrogen-bond acceptors (Lipinski definition) is 7. The van der Waals surface area contributed by atoms with Crippen LogP contribution in [0.4, 0.5) is 0 Å². The standard InChI is InChI=1S/C18H17N5OS2/c1-24-11-10-23-17(13-6-8-19-9-7-13)21-22-18(23)25-12-16-20-14-4-2-3-5-15(14)26-16/h2-9H,10-12H2,1H3. The number of para-hydroxylation sites is 1. The van der Waals surface area contributed by atoms with Gasteiger partial charge in [-0.1, -0.05) is 23.9 Å². The largest absolute Gasteiger partial charge is 0.383 e. The molecular weight excluding hydrogens is 366 g/mol. The zero-order valence-corrected chi connectivity index (χ0v) is 15.8. The van der Waals surface area contributed by atoms with Crippen LogP contribution in [-0.2, 0) is 17.0 Å². The Labute approximate surface area is 159 Å². The summed E-state index contributed by atoms with van der Waals surface area (Å²) in [6.45, 7) is 1.30. The fourth-order valence-electron chi connectivity index (χ4n) is 2.60. The number of pyridine rings is 1. The van der Waals surface area contributed by atoms with Crippen LogP contribution in [0.1, 0.15) is 5.01 Å². The van der Waals surface area contributed by atoms with Gasteiger partial charge in [-0.25, -0.2) is 4.98 Å². The van der Waals surface area contributed by atoms with Crippen molar-refractivity contribution >= 4 is 33.3 Å². The number of rotatable bonds is 7. The van der Waals surface area contributed by atoms with Gasteiger partial charge in [0.1, 0.15) is 5.01 Å². The first kappa shape index (κ1) is 17.1. The molecule has 0 aliphatic carbocycles. The molecular formula is C18H17N5OS2. The highest BCUT2D eigenvalue weighted by atomic mass is 32.2. The summed E-state index contributed by atoms with van der Waals surface area (Å²) in [5, 5.41) is 10.7. The first-order chi connectivity index (χ1) is 12.8. The Kier molecular flexibility index (Phi) is 5.24. The molecule has 132 valence electrons. The Bertz CT molecular complexity index is 966. The summed E-state index contributed by atoms with van der Waals surface area (Å²) >= 11 is 3.37. The third kappa shape index (κ3) is 3.62. The van der Waals surface area contributed by atoms with Gasteiger partial charge in [-0.3, -0.25) is 9.55 Å². The zero-order chi connectivity index (χ0) is 17.8. The van der Waals surface area contributed by atoms with E-state index in [-0.39, 0.29) is 0 Å². The minimum atomic E-state index is 0.602. The Morgan fingerprint density at radius 3 is 2.77 bits per heavy atom. The van der Waals surface area contributed by atoms with Crippen molar-refractivity contribution in [3.63, 3.8) is 0 Å². The van der Waals surface area contributed by atoms with Gasteiger partial charge in [-0.2, -0.15) is 0 Å². The molecule has 0 radical (unpaired) electrons. The Morgan fingerprint density at radius 1 is 1.12 bits per heavy atom. The summed E-state index contributed by atoms with van der Waals surface area (Å²) in [5.74, 6) is 1.59. The minimum Gasteiger partial charge on any atom is -0.383 e. The van der Waals surface area contributed by atoms with Gasteiger partial charge in [0.25, 0.3) is 0 Å². The molecule has 0 aliphatic heterocycles. The Morgan fingerprint density at radius 2 is 1.96 bits per heavy atom. The van der Waals surface area contributed by atoms with E-state index in [1.54, 1.807) is 42.6 Å². The van der Waals surface area contributed by atoms with Crippen molar-refractivity contribution in [2.24, 2.45) is 0 Å². The second-order valence-electron chi connectivity index (χ2n) is 5.55. The van der Waals surface area contributed by atoms with Gasteiger partial charge in [0, 0.05) is 25.1 Å². The van der Waals surface area contributed by atoms with Crippen molar-refractivity contribution in [2.45, 2.75) is 17.5 Å². The number of benzene rings is 1.